The average Bonchev–Trinajstić information content (AvgIpc) is 2.19. The van der Waals surface area contributed by atoms with E-state index >= 15 is 0 Å². The lowest BCUT2D eigenvalue weighted by Crippen LogP contribution is -1.82. The SMILES string of the molecule is CCO.COc1ccc(CCl)cc1. The molecule has 0 spiro atoms. The Kier molecular flexibility index (Phi) is 7.45. The van der Waals surface area contributed by atoms with Gasteiger partial charge < -0.3 is 9.84 Å². The second-order valence-corrected chi connectivity index (χ2v) is 2.57. The first-order valence-corrected chi connectivity index (χ1v) is 4.61. The molecule has 2 nitrogen and oxygen atoms in total. The number of hydrogen-bond donors (Lipinski definition) is 1. The molecule has 0 atom stereocenters. The number of benzene rings is 1. The van der Waals surface area contributed by atoms with E-state index in [2.05, 4.69) is 0 Å². The van der Waals surface area contributed by atoms with Gasteiger partial charge in [0.15, 0.2) is 0 Å². The molecule has 13 heavy (non-hydrogen) atoms. The molecule has 0 aliphatic heterocycles. The maximum atomic E-state index is 7.57. The molecule has 0 aliphatic rings. The van der Waals surface area contributed by atoms with Crippen LogP contribution in [0.4, 0.5) is 0 Å². The van der Waals surface area contributed by atoms with Gasteiger partial charge >= 0.3 is 0 Å². The number of rotatable bonds is 2. The van der Waals surface area contributed by atoms with Crippen LogP contribution in [0.1, 0.15) is 12.5 Å². The third kappa shape index (κ3) is 5.50. The van der Waals surface area contributed by atoms with Crippen LogP contribution in [-0.2, 0) is 5.88 Å². The zero-order valence-electron chi connectivity index (χ0n) is 7.96. The Hall–Kier alpha value is -0.730. The molecule has 0 aliphatic carbocycles. The van der Waals surface area contributed by atoms with Crippen molar-refractivity contribution in [2.45, 2.75) is 12.8 Å². The number of ether oxygens (including phenoxy) is 1. The first kappa shape index (κ1) is 12.3. The summed E-state index contributed by atoms with van der Waals surface area (Å²) in [6, 6.07) is 7.70. The predicted octanol–water partition coefficient (Wildman–Crippen LogP) is 2.43. The second kappa shape index (κ2) is 7.90. The summed E-state index contributed by atoms with van der Waals surface area (Å²) in [4.78, 5) is 0. The van der Waals surface area contributed by atoms with Crippen molar-refractivity contribution in [1.82, 2.24) is 0 Å². The average molecular weight is 203 g/mol. The topological polar surface area (TPSA) is 29.5 Å². The standard InChI is InChI=1S/C8H9ClO.C2H6O/c1-10-8-4-2-7(6-9)3-5-8;1-2-3/h2-5H,6H2,1H3;3H,2H2,1H3. The van der Waals surface area contributed by atoms with E-state index in [0.717, 1.165) is 11.3 Å². The summed E-state index contributed by atoms with van der Waals surface area (Å²) in [5.74, 6) is 1.43. The van der Waals surface area contributed by atoms with Crippen molar-refractivity contribution in [1.29, 1.82) is 0 Å². The predicted molar refractivity (Wildman–Crippen MR) is 55.3 cm³/mol. The minimum absolute atomic E-state index is 0.250. The fourth-order valence-corrected chi connectivity index (χ4v) is 0.893. The van der Waals surface area contributed by atoms with Crippen molar-refractivity contribution in [3.05, 3.63) is 29.8 Å². The van der Waals surface area contributed by atoms with Gasteiger partial charge in [-0.3, -0.25) is 0 Å². The molecule has 0 saturated carbocycles. The molecular formula is C10H15ClO2. The summed E-state index contributed by atoms with van der Waals surface area (Å²) in [5, 5.41) is 7.57. The van der Waals surface area contributed by atoms with E-state index in [1.807, 2.05) is 24.3 Å². The molecule has 0 heterocycles. The number of hydrogen-bond acceptors (Lipinski definition) is 2. The highest BCUT2D eigenvalue weighted by molar-refractivity contribution is 6.17. The van der Waals surface area contributed by atoms with Crippen LogP contribution in [0.2, 0.25) is 0 Å². The number of halogens is 1. The van der Waals surface area contributed by atoms with E-state index in [9.17, 15) is 0 Å². The van der Waals surface area contributed by atoms with Gasteiger partial charge in [0.2, 0.25) is 0 Å². The fraction of sp³-hybridized carbons (Fsp3) is 0.400. The molecule has 1 rings (SSSR count). The molecule has 0 unspecified atom stereocenters. The smallest absolute Gasteiger partial charge is 0.118 e. The van der Waals surface area contributed by atoms with Crippen LogP contribution in [0.15, 0.2) is 24.3 Å². The Balaban J connectivity index is 0.000000424. The molecule has 0 saturated heterocycles. The molecule has 1 aromatic carbocycles. The van der Waals surface area contributed by atoms with Crippen LogP contribution in [-0.4, -0.2) is 18.8 Å². The van der Waals surface area contributed by atoms with Crippen molar-refractivity contribution in [3.8, 4) is 5.75 Å². The van der Waals surface area contributed by atoms with Crippen LogP contribution < -0.4 is 4.74 Å². The summed E-state index contributed by atoms with van der Waals surface area (Å²) in [6.45, 7) is 1.93. The Labute approximate surface area is 84.1 Å². The molecule has 1 N–H and O–H groups in total. The number of aliphatic hydroxyl groups is 1. The lowest BCUT2D eigenvalue weighted by molar-refractivity contribution is 0.318. The zero-order valence-corrected chi connectivity index (χ0v) is 8.71. The highest BCUT2D eigenvalue weighted by Crippen LogP contribution is 2.12. The third-order valence-corrected chi connectivity index (χ3v) is 1.62. The minimum Gasteiger partial charge on any atom is -0.497 e. The first-order chi connectivity index (χ1) is 6.28. The summed E-state index contributed by atoms with van der Waals surface area (Å²) >= 11 is 5.58. The quantitative estimate of drug-likeness (QED) is 0.747. The van der Waals surface area contributed by atoms with E-state index in [-0.39, 0.29) is 6.61 Å². The van der Waals surface area contributed by atoms with E-state index in [1.54, 1.807) is 14.0 Å². The van der Waals surface area contributed by atoms with Crippen LogP contribution in [0.3, 0.4) is 0 Å². The molecular weight excluding hydrogens is 188 g/mol. The maximum absolute atomic E-state index is 7.57. The van der Waals surface area contributed by atoms with E-state index in [4.69, 9.17) is 21.4 Å². The Bertz CT molecular complexity index is 186. The van der Waals surface area contributed by atoms with Crippen molar-refractivity contribution < 1.29 is 9.84 Å². The molecule has 0 radical (unpaired) electrons. The first-order valence-electron chi connectivity index (χ1n) is 4.08. The van der Waals surface area contributed by atoms with Crippen molar-refractivity contribution in [3.63, 3.8) is 0 Å². The van der Waals surface area contributed by atoms with Crippen LogP contribution >= 0.6 is 11.6 Å². The summed E-state index contributed by atoms with van der Waals surface area (Å²) in [6.07, 6.45) is 0. The van der Waals surface area contributed by atoms with E-state index in [1.165, 1.54) is 0 Å². The van der Waals surface area contributed by atoms with Gasteiger partial charge in [0.1, 0.15) is 5.75 Å². The summed E-state index contributed by atoms with van der Waals surface area (Å²) in [7, 11) is 1.65. The fourth-order valence-electron chi connectivity index (χ4n) is 0.715. The number of methoxy groups -OCH3 is 1. The largest absolute Gasteiger partial charge is 0.497 e. The molecule has 74 valence electrons. The van der Waals surface area contributed by atoms with Gasteiger partial charge in [-0.25, -0.2) is 0 Å². The van der Waals surface area contributed by atoms with Crippen molar-refractivity contribution >= 4 is 11.6 Å². The summed E-state index contributed by atoms with van der Waals surface area (Å²) in [5.41, 5.74) is 1.11. The van der Waals surface area contributed by atoms with Gasteiger partial charge in [0.05, 0.1) is 7.11 Å². The Morgan fingerprint density at radius 2 is 1.77 bits per heavy atom. The van der Waals surface area contributed by atoms with Crippen LogP contribution in [0.25, 0.3) is 0 Å². The second-order valence-electron chi connectivity index (χ2n) is 2.30. The van der Waals surface area contributed by atoms with Crippen molar-refractivity contribution in [2.75, 3.05) is 13.7 Å². The molecule has 0 amide bonds. The van der Waals surface area contributed by atoms with E-state index < -0.39 is 0 Å². The van der Waals surface area contributed by atoms with Gasteiger partial charge in [-0.05, 0) is 24.6 Å². The number of aliphatic hydroxyl groups excluding tert-OH is 1. The highest BCUT2D eigenvalue weighted by Gasteiger charge is 1.90. The maximum Gasteiger partial charge on any atom is 0.118 e. The Morgan fingerprint density at radius 3 is 2.08 bits per heavy atom. The van der Waals surface area contributed by atoms with Gasteiger partial charge in [-0.15, -0.1) is 11.6 Å². The Morgan fingerprint density at radius 1 is 1.31 bits per heavy atom. The molecule has 1 aromatic rings. The molecule has 0 aromatic heterocycles. The monoisotopic (exact) mass is 202 g/mol. The van der Waals surface area contributed by atoms with Crippen LogP contribution in [0.5, 0.6) is 5.75 Å². The zero-order chi connectivity index (χ0) is 10.1. The molecule has 0 bridgehead atoms. The molecule has 3 heteroatoms. The lowest BCUT2D eigenvalue weighted by Gasteiger charge is -1.98. The lowest BCUT2D eigenvalue weighted by atomic mass is 10.2. The highest BCUT2D eigenvalue weighted by atomic mass is 35.5. The van der Waals surface area contributed by atoms with E-state index in [0.29, 0.717) is 5.88 Å². The van der Waals surface area contributed by atoms with Crippen LogP contribution in [0, 0.1) is 0 Å². The van der Waals surface area contributed by atoms with Gasteiger partial charge in [-0.1, -0.05) is 12.1 Å². The summed E-state index contributed by atoms with van der Waals surface area (Å²) < 4.78 is 4.97. The van der Waals surface area contributed by atoms with Crippen molar-refractivity contribution in [2.24, 2.45) is 0 Å². The normalized spacial score (nSPS) is 8.62. The minimum atomic E-state index is 0.250. The molecule has 0 fully saturated rings. The van der Waals surface area contributed by atoms with Gasteiger partial charge in [-0.2, -0.15) is 0 Å². The van der Waals surface area contributed by atoms with Gasteiger partial charge in [0, 0.05) is 12.5 Å². The number of alkyl halides is 1. The third-order valence-electron chi connectivity index (χ3n) is 1.31. The van der Waals surface area contributed by atoms with Gasteiger partial charge in [0.25, 0.3) is 0 Å².